The number of halogens is 1. The number of nitrogens with one attached hydrogen (secondary N) is 2. The molecule has 2 unspecified atom stereocenters. The molecule has 2 N–H and O–H groups in total. The van der Waals surface area contributed by atoms with Gasteiger partial charge in [-0.15, -0.1) is 35.3 Å². The number of likely N-dealkylation sites (N-methyl/N-ethyl adjacent to an activating group) is 1. The topological polar surface area (TPSA) is 42.9 Å². The van der Waals surface area contributed by atoms with E-state index in [2.05, 4.69) is 77.8 Å². The summed E-state index contributed by atoms with van der Waals surface area (Å²) in [5, 5.41) is 9.14. The number of guanidine groups is 1. The minimum absolute atomic E-state index is 0. The van der Waals surface area contributed by atoms with Gasteiger partial charge in [0, 0.05) is 24.5 Å². The summed E-state index contributed by atoms with van der Waals surface area (Å²) in [5.74, 6) is 0.888. The van der Waals surface area contributed by atoms with E-state index in [-0.39, 0.29) is 24.0 Å². The van der Waals surface area contributed by atoms with Crippen LogP contribution in [0.15, 0.2) is 22.5 Å². The van der Waals surface area contributed by atoms with Gasteiger partial charge < -0.3 is 20.4 Å². The summed E-state index contributed by atoms with van der Waals surface area (Å²) in [4.78, 5) is 10.5. The van der Waals surface area contributed by atoms with Crippen LogP contribution in [-0.2, 0) is 0 Å². The van der Waals surface area contributed by atoms with Crippen molar-refractivity contribution >= 4 is 41.3 Å². The Bertz CT molecular complexity index is 474. The molecule has 0 spiro atoms. The molecule has 0 saturated heterocycles. The SMILES string of the molecule is CCN(CC)CCCC(C)NC(=NC)NCC(c1cccs1)N(C)C.I. The lowest BCUT2D eigenvalue weighted by molar-refractivity contribution is 0.292. The summed E-state index contributed by atoms with van der Waals surface area (Å²) < 4.78 is 0. The minimum Gasteiger partial charge on any atom is -0.354 e. The Morgan fingerprint density at radius 1 is 1.27 bits per heavy atom. The van der Waals surface area contributed by atoms with Crippen LogP contribution in [0.4, 0.5) is 0 Å². The fourth-order valence-corrected chi connectivity index (χ4v) is 3.80. The number of hydrogen-bond acceptors (Lipinski definition) is 4. The molecule has 0 amide bonds. The van der Waals surface area contributed by atoms with Crippen molar-refractivity contribution in [2.24, 2.45) is 4.99 Å². The molecule has 7 heteroatoms. The van der Waals surface area contributed by atoms with Gasteiger partial charge in [-0.05, 0) is 64.9 Å². The van der Waals surface area contributed by atoms with Gasteiger partial charge in [0.15, 0.2) is 5.96 Å². The molecule has 0 aromatic carbocycles. The largest absolute Gasteiger partial charge is 0.354 e. The summed E-state index contributed by atoms with van der Waals surface area (Å²) in [6.45, 7) is 11.0. The third-order valence-electron chi connectivity index (χ3n) is 4.57. The molecule has 26 heavy (non-hydrogen) atoms. The zero-order valence-corrected chi connectivity index (χ0v) is 20.4. The van der Waals surface area contributed by atoms with E-state index in [4.69, 9.17) is 0 Å². The zero-order chi connectivity index (χ0) is 18.7. The summed E-state index contributed by atoms with van der Waals surface area (Å²) in [5.41, 5.74) is 0. The van der Waals surface area contributed by atoms with E-state index < -0.39 is 0 Å². The molecule has 1 aromatic heterocycles. The van der Waals surface area contributed by atoms with Crippen molar-refractivity contribution in [3.8, 4) is 0 Å². The molecule has 0 aliphatic rings. The van der Waals surface area contributed by atoms with Crippen LogP contribution in [0.25, 0.3) is 0 Å². The molecule has 1 rings (SSSR count). The Kier molecular flexibility index (Phi) is 14.4. The Labute approximate surface area is 181 Å². The second kappa shape index (κ2) is 14.6. The van der Waals surface area contributed by atoms with Crippen molar-refractivity contribution in [2.75, 3.05) is 47.3 Å². The van der Waals surface area contributed by atoms with E-state index in [1.807, 2.05) is 7.05 Å². The summed E-state index contributed by atoms with van der Waals surface area (Å²) in [6, 6.07) is 5.09. The molecule has 0 aliphatic heterocycles. The van der Waals surface area contributed by atoms with Gasteiger partial charge in [-0.25, -0.2) is 0 Å². The Hall–Kier alpha value is -0.380. The average molecular weight is 496 g/mol. The van der Waals surface area contributed by atoms with E-state index in [1.165, 1.54) is 17.8 Å². The van der Waals surface area contributed by atoms with E-state index in [0.29, 0.717) is 12.1 Å². The lowest BCUT2D eigenvalue weighted by Crippen LogP contribution is -2.45. The van der Waals surface area contributed by atoms with Gasteiger partial charge in [-0.2, -0.15) is 0 Å². The van der Waals surface area contributed by atoms with Gasteiger partial charge in [-0.3, -0.25) is 4.99 Å². The summed E-state index contributed by atoms with van der Waals surface area (Å²) >= 11 is 1.80. The van der Waals surface area contributed by atoms with Crippen LogP contribution in [0.3, 0.4) is 0 Å². The average Bonchev–Trinajstić information content (AvgIpc) is 3.11. The van der Waals surface area contributed by atoms with E-state index in [0.717, 1.165) is 32.0 Å². The van der Waals surface area contributed by atoms with Crippen LogP contribution in [0, 0.1) is 0 Å². The van der Waals surface area contributed by atoms with Crippen molar-refractivity contribution in [3.63, 3.8) is 0 Å². The van der Waals surface area contributed by atoms with Crippen LogP contribution in [0.1, 0.15) is 44.5 Å². The van der Waals surface area contributed by atoms with Gasteiger partial charge in [-0.1, -0.05) is 19.9 Å². The molecule has 2 atom stereocenters. The lowest BCUT2D eigenvalue weighted by atomic mass is 10.2. The predicted octanol–water partition coefficient (Wildman–Crippen LogP) is 3.64. The Morgan fingerprint density at radius 3 is 2.46 bits per heavy atom. The van der Waals surface area contributed by atoms with Gasteiger partial charge in [0.05, 0.1) is 6.04 Å². The third-order valence-corrected chi connectivity index (χ3v) is 5.54. The fraction of sp³-hybridized carbons (Fsp3) is 0.737. The highest BCUT2D eigenvalue weighted by atomic mass is 127. The molecule has 1 heterocycles. The first kappa shape index (κ1) is 25.6. The van der Waals surface area contributed by atoms with Crippen LogP contribution < -0.4 is 10.6 Å². The van der Waals surface area contributed by atoms with Gasteiger partial charge in [0.1, 0.15) is 0 Å². The highest BCUT2D eigenvalue weighted by molar-refractivity contribution is 14.0. The molecule has 0 saturated carbocycles. The number of hydrogen-bond donors (Lipinski definition) is 2. The first-order valence-electron chi connectivity index (χ1n) is 9.41. The zero-order valence-electron chi connectivity index (χ0n) is 17.3. The third kappa shape index (κ3) is 9.53. The van der Waals surface area contributed by atoms with Crippen molar-refractivity contribution < 1.29 is 0 Å². The van der Waals surface area contributed by atoms with Crippen LogP contribution in [0.5, 0.6) is 0 Å². The van der Waals surface area contributed by atoms with E-state index in [1.54, 1.807) is 11.3 Å². The fourth-order valence-electron chi connectivity index (χ4n) is 2.87. The molecular formula is C19H38IN5S. The number of thiophene rings is 1. The standard InChI is InChI=1S/C19H37N5S.HI/c1-7-24(8-2)13-9-11-16(3)22-19(20-4)21-15-17(23(5)6)18-12-10-14-25-18;/h10,12,14,16-17H,7-9,11,13,15H2,1-6H3,(H2,20,21,22);1H. The molecular weight excluding hydrogens is 457 g/mol. The van der Waals surface area contributed by atoms with Crippen molar-refractivity contribution in [1.82, 2.24) is 20.4 Å². The Morgan fingerprint density at radius 2 is 1.96 bits per heavy atom. The molecule has 0 radical (unpaired) electrons. The maximum atomic E-state index is 4.39. The number of aliphatic imine (C=N–C) groups is 1. The second-order valence-electron chi connectivity index (χ2n) is 6.66. The first-order chi connectivity index (χ1) is 12.0. The maximum absolute atomic E-state index is 4.39. The van der Waals surface area contributed by atoms with Crippen molar-refractivity contribution in [1.29, 1.82) is 0 Å². The van der Waals surface area contributed by atoms with Gasteiger partial charge >= 0.3 is 0 Å². The van der Waals surface area contributed by atoms with Gasteiger partial charge in [0.2, 0.25) is 0 Å². The summed E-state index contributed by atoms with van der Waals surface area (Å²) in [7, 11) is 6.09. The highest BCUT2D eigenvalue weighted by Crippen LogP contribution is 2.22. The monoisotopic (exact) mass is 495 g/mol. The van der Waals surface area contributed by atoms with E-state index in [9.17, 15) is 0 Å². The smallest absolute Gasteiger partial charge is 0.191 e. The molecule has 0 bridgehead atoms. The number of nitrogens with zero attached hydrogens (tertiary/aromatic N) is 3. The molecule has 0 fully saturated rings. The van der Waals surface area contributed by atoms with Crippen LogP contribution in [-0.4, -0.2) is 69.1 Å². The number of rotatable bonds is 11. The highest BCUT2D eigenvalue weighted by Gasteiger charge is 2.16. The second-order valence-corrected chi connectivity index (χ2v) is 7.64. The lowest BCUT2D eigenvalue weighted by Gasteiger charge is -2.26. The quantitative estimate of drug-likeness (QED) is 0.280. The predicted molar refractivity (Wildman–Crippen MR) is 127 cm³/mol. The van der Waals surface area contributed by atoms with Crippen LogP contribution >= 0.6 is 35.3 Å². The molecule has 152 valence electrons. The first-order valence-corrected chi connectivity index (χ1v) is 10.3. The Balaban J connectivity index is 0.00000625. The van der Waals surface area contributed by atoms with Crippen molar-refractivity contribution in [2.45, 2.75) is 45.7 Å². The normalized spacial score (nSPS) is 14.2. The molecule has 5 nitrogen and oxygen atoms in total. The maximum Gasteiger partial charge on any atom is 0.191 e. The molecule has 1 aromatic rings. The minimum atomic E-state index is 0. The van der Waals surface area contributed by atoms with Gasteiger partial charge in [0.25, 0.3) is 0 Å². The van der Waals surface area contributed by atoms with E-state index >= 15 is 0 Å². The van der Waals surface area contributed by atoms with Crippen LogP contribution in [0.2, 0.25) is 0 Å². The molecule has 0 aliphatic carbocycles. The van der Waals surface area contributed by atoms with Crippen molar-refractivity contribution in [3.05, 3.63) is 22.4 Å². The summed E-state index contributed by atoms with van der Waals surface area (Å²) in [6.07, 6.45) is 2.36.